The molecule has 0 spiro atoms. The molecule has 2 N–H and O–H groups in total. The normalized spacial score (nSPS) is 25.2. The van der Waals surface area contributed by atoms with E-state index in [2.05, 4.69) is 59.0 Å². The van der Waals surface area contributed by atoms with Crippen molar-refractivity contribution in [1.29, 1.82) is 0 Å². The van der Waals surface area contributed by atoms with E-state index in [9.17, 15) is 14.4 Å². The van der Waals surface area contributed by atoms with Crippen molar-refractivity contribution < 1.29 is 33.0 Å². The van der Waals surface area contributed by atoms with Crippen LogP contribution in [0, 0.1) is 29.0 Å². The zero-order chi connectivity index (χ0) is 44.9. The van der Waals surface area contributed by atoms with Gasteiger partial charge in [-0.3, -0.25) is 24.4 Å². The number of aromatic nitrogens is 3. The van der Waals surface area contributed by atoms with E-state index in [-0.39, 0.29) is 42.8 Å². The van der Waals surface area contributed by atoms with Gasteiger partial charge in [0.15, 0.2) is 0 Å². The molecule has 0 unspecified atom stereocenters. The Labute approximate surface area is 379 Å². The Morgan fingerprint density at radius 3 is 2.62 bits per heavy atom. The first-order chi connectivity index (χ1) is 30.8. The number of methoxy groups -OCH3 is 1. The van der Waals surface area contributed by atoms with E-state index in [1.54, 1.807) is 13.2 Å². The van der Waals surface area contributed by atoms with Gasteiger partial charge >= 0.3 is 5.97 Å². The van der Waals surface area contributed by atoms with Crippen molar-refractivity contribution in [3.8, 4) is 22.5 Å². The smallest absolute Gasteiger partial charge is 0.324 e. The number of hydrogen-bond donors (Lipinski definition) is 2. The lowest BCUT2D eigenvalue weighted by molar-refractivity contribution is -0.155. The molecule has 14 nitrogen and oxygen atoms in total. The molecule has 6 bridgehead atoms. The molecule has 1 aliphatic carbocycles. The maximum absolute atomic E-state index is 16.8. The number of hydrazine groups is 1. The van der Waals surface area contributed by atoms with Gasteiger partial charge in [0.1, 0.15) is 17.9 Å². The van der Waals surface area contributed by atoms with Crippen LogP contribution in [-0.2, 0) is 48.0 Å². The van der Waals surface area contributed by atoms with Crippen molar-refractivity contribution >= 4 is 45.7 Å². The second-order valence-corrected chi connectivity index (χ2v) is 20.3. The van der Waals surface area contributed by atoms with Crippen molar-refractivity contribution in [3.63, 3.8) is 0 Å². The Morgan fingerprint density at radius 1 is 1.09 bits per heavy atom. The fraction of sp³-hybridized carbons (Fsp3) is 0.604. The van der Waals surface area contributed by atoms with Crippen LogP contribution in [0.25, 0.3) is 33.4 Å². The fourth-order valence-corrected chi connectivity index (χ4v) is 11.1. The van der Waals surface area contributed by atoms with Gasteiger partial charge < -0.3 is 33.9 Å². The van der Waals surface area contributed by atoms with Gasteiger partial charge in [0, 0.05) is 105 Å². The zero-order valence-corrected chi connectivity index (χ0v) is 38.9. The molecule has 4 fully saturated rings. The number of esters is 1. The summed E-state index contributed by atoms with van der Waals surface area (Å²) >= 11 is 1.34. The third kappa shape index (κ3) is 9.05. The van der Waals surface area contributed by atoms with Gasteiger partial charge in [0.2, 0.25) is 5.91 Å². The predicted molar refractivity (Wildman–Crippen MR) is 244 cm³/mol. The summed E-state index contributed by atoms with van der Waals surface area (Å²) in [6, 6.07) is 4.05. The number of cyclic esters (lactones) is 1. The molecule has 4 aliphatic heterocycles. The summed E-state index contributed by atoms with van der Waals surface area (Å²) in [6.45, 7) is 14.2. The summed E-state index contributed by atoms with van der Waals surface area (Å²) < 4.78 is 36.7. The third-order valence-corrected chi connectivity index (χ3v) is 15.0. The van der Waals surface area contributed by atoms with Crippen LogP contribution in [0.2, 0.25) is 0 Å². The minimum absolute atomic E-state index is 0.0945. The standard InChI is InChI=1S/C48H63FN8O6S/c1-7-31-33-21-37(49)35-22-41(33)56(44(31)36-19-30(24-50-43(36)28(2)61-6)55-15-13-54(5)14-16-55)26-48(3,4)27-63-47(60)38-9-8-12-57(53-38)46(59)39(23-42-51-40(35)25-64-42)52-45(58)34-20-32(34)29-10-17-62-18-11-29/h19,21-22,24-25,28-29,32,34,38-39,53H,7-18,20,23,26-27H2,1-6H3,(H,52,58)/t28-,32+,34-,38-,39-/m0/s1. The predicted octanol–water partition coefficient (Wildman–Crippen LogP) is 6.16. The number of halogens is 1. The number of ether oxygens (including phenoxy) is 3. The largest absolute Gasteiger partial charge is 0.464 e. The average Bonchev–Trinajstić information content (AvgIpc) is 3.90. The molecular formula is C48H63FN8O6S. The molecule has 5 atom stereocenters. The SMILES string of the molecule is CCc1c(-c2cc(N3CCN(C)CC3)cnc2[C@H](C)OC)n2c3cc(c(F)cc13)-c1csc(n1)C[C@H](NC(=O)[C@H]1C[C@@H]1C1CCOCC1)C(=O)N1CCC[C@H](N1)C(=O)OCC(C)(C)C2. The van der Waals surface area contributed by atoms with Crippen LogP contribution < -0.4 is 15.6 Å². The monoisotopic (exact) mass is 898 g/mol. The Hall–Kier alpha value is -4.48. The minimum atomic E-state index is -0.944. The van der Waals surface area contributed by atoms with Gasteiger partial charge in [-0.05, 0) is 88.1 Å². The van der Waals surface area contributed by atoms with E-state index < -0.39 is 29.3 Å². The van der Waals surface area contributed by atoms with Crippen molar-refractivity contribution in [2.24, 2.45) is 23.2 Å². The number of carbonyl (C=O) groups excluding carboxylic acids is 3. The molecule has 0 radical (unpaired) electrons. The summed E-state index contributed by atoms with van der Waals surface area (Å²) in [5, 5.41) is 7.78. The first kappa shape index (κ1) is 44.7. The summed E-state index contributed by atoms with van der Waals surface area (Å²) in [5.74, 6) is -0.779. The zero-order valence-electron chi connectivity index (χ0n) is 38.1. The second-order valence-electron chi connectivity index (χ2n) is 19.3. The summed E-state index contributed by atoms with van der Waals surface area (Å²) in [6.07, 6.45) is 6.10. The van der Waals surface area contributed by atoms with Gasteiger partial charge in [-0.15, -0.1) is 11.3 Å². The Morgan fingerprint density at radius 2 is 1.88 bits per heavy atom. The van der Waals surface area contributed by atoms with Gasteiger partial charge in [-0.25, -0.2) is 14.8 Å². The fourth-order valence-electron chi connectivity index (χ4n) is 10.3. The summed E-state index contributed by atoms with van der Waals surface area (Å²) in [5.41, 5.74) is 8.83. The average molecular weight is 899 g/mol. The topological polar surface area (TPSA) is 143 Å². The lowest BCUT2D eigenvalue weighted by Crippen LogP contribution is -2.60. The van der Waals surface area contributed by atoms with E-state index in [0.717, 1.165) is 84.5 Å². The molecule has 16 heteroatoms. The van der Waals surface area contributed by atoms with Gasteiger partial charge in [-0.2, -0.15) is 0 Å². The molecule has 3 aromatic heterocycles. The maximum Gasteiger partial charge on any atom is 0.324 e. The van der Waals surface area contributed by atoms with Gasteiger partial charge in [-0.1, -0.05) is 20.8 Å². The van der Waals surface area contributed by atoms with Gasteiger partial charge in [0.05, 0.1) is 46.7 Å². The number of nitrogens with one attached hydrogen (secondary N) is 2. The number of piperazine rings is 1. The molecule has 7 heterocycles. The first-order valence-electron chi connectivity index (χ1n) is 23.2. The van der Waals surface area contributed by atoms with Crippen LogP contribution in [-0.4, -0.2) is 121 Å². The van der Waals surface area contributed by atoms with Crippen LogP contribution >= 0.6 is 11.3 Å². The van der Waals surface area contributed by atoms with E-state index in [0.29, 0.717) is 67.7 Å². The summed E-state index contributed by atoms with van der Waals surface area (Å²) in [4.78, 5) is 56.9. The highest BCUT2D eigenvalue weighted by Gasteiger charge is 2.48. The lowest BCUT2D eigenvalue weighted by atomic mass is 9.93. The number of benzene rings is 1. The van der Waals surface area contributed by atoms with Gasteiger partial charge in [0.25, 0.3) is 5.91 Å². The molecule has 9 rings (SSSR count). The van der Waals surface area contributed by atoms with Crippen molar-refractivity contribution in [1.82, 2.24) is 35.2 Å². The number of anilines is 1. The molecule has 3 saturated heterocycles. The molecule has 5 aliphatic rings. The lowest BCUT2D eigenvalue weighted by Gasteiger charge is -2.35. The minimum Gasteiger partial charge on any atom is -0.464 e. The van der Waals surface area contributed by atoms with E-state index in [1.165, 1.54) is 16.3 Å². The number of rotatable bonds is 8. The Bertz CT molecular complexity index is 2390. The second kappa shape index (κ2) is 18.4. The van der Waals surface area contributed by atoms with Crippen LogP contribution in [0.5, 0.6) is 0 Å². The Balaban J connectivity index is 1.14. The van der Waals surface area contributed by atoms with Crippen LogP contribution in [0.4, 0.5) is 10.1 Å². The number of fused-ring (bicyclic) bond motifs is 6. The number of aryl methyl sites for hydroxylation is 1. The number of thiazole rings is 1. The number of amides is 2. The molecule has 4 aromatic rings. The van der Waals surface area contributed by atoms with Crippen molar-refractivity contribution in [2.45, 2.75) is 97.4 Å². The van der Waals surface area contributed by atoms with Crippen molar-refractivity contribution in [2.75, 3.05) is 71.6 Å². The van der Waals surface area contributed by atoms with Crippen LogP contribution in [0.3, 0.4) is 0 Å². The van der Waals surface area contributed by atoms with E-state index >= 15 is 4.39 Å². The summed E-state index contributed by atoms with van der Waals surface area (Å²) in [7, 11) is 3.82. The molecule has 1 saturated carbocycles. The number of hydrogen-bond acceptors (Lipinski definition) is 12. The van der Waals surface area contributed by atoms with E-state index in [1.807, 2.05) is 24.6 Å². The Kier molecular flexibility index (Phi) is 12.9. The third-order valence-electron chi connectivity index (χ3n) is 14.2. The quantitative estimate of drug-likeness (QED) is 0.197. The van der Waals surface area contributed by atoms with E-state index in [4.69, 9.17) is 24.2 Å². The van der Waals surface area contributed by atoms with Crippen LogP contribution in [0.15, 0.2) is 29.8 Å². The number of likely N-dealkylation sites (N-methyl/N-ethyl adjacent to an activating group) is 1. The molecule has 2 amide bonds. The molecule has 64 heavy (non-hydrogen) atoms. The number of carbonyl (C=O) groups is 3. The highest BCUT2D eigenvalue weighted by Crippen LogP contribution is 2.48. The molecule has 344 valence electrons. The number of nitrogens with zero attached hydrogens (tertiary/aromatic N) is 6. The number of pyridine rings is 1. The first-order valence-corrected chi connectivity index (χ1v) is 24.1. The van der Waals surface area contributed by atoms with Crippen LogP contribution in [0.1, 0.15) is 82.2 Å². The molecular weight excluding hydrogens is 836 g/mol. The highest BCUT2D eigenvalue weighted by atomic mass is 32.1. The molecule has 1 aromatic carbocycles. The van der Waals surface area contributed by atoms with Crippen molar-refractivity contribution in [3.05, 3.63) is 51.9 Å². The highest BCUT2D eigenvalue weighted by molar-refractivity contribution is 7.10. The maximum atomic E-state index is 16.8.